The zero-order valence-corrected chi connectivity index (χ0v) is 13.9. The van der Waals surface area contributed by atoms with Crippen LogP contribution in [0.2, 0.25) is 0 Å². The molecule has 2 heterocycles. The zero-order valence-electron chi connectivity index (χ0n) is 13.9. The van der Waals surface area contributed by atoms with Crippen LogP contribution in [0, 0.1) is 11.8 Å². The number of aliphatic hydroxyl groups is 1. The number of urea groups is 1. The fraction of sp³-hybridized carbons (Fsp3) is 0.105. The first-order valence-electron chi connectivity index (χ1n) is 7.97. The highest BCUT2D eigenvalue weighted by atomic mass is 16.3. The monoisotopic (exact) mass is 347 g/mol. The fourth-order valence-electron chi connectivity index (χ4n) is 2.19. The summed E-state index contributed by atoms with van der Waals surface area (Å²) in [6.07, 6.45) is 4.85. The summed E-state index contributed by atoms with van der Waals surface area (Å²) in [4.78, 5) is 16.2. The van der Waals surface area contributed by atoms with Gasteiger partial charge in [-0.05, 0) is 36.3 Å². The van der Waals surface area contributed by atoms with Crippen molar-refractivity contribution in [2.45, 2.75) is 6.54 Å². The van der Waals surface area contributed by atoms with Crippen molar-refractivity contribution < 1.29 is 9.90 Å². The van der Waals surface area contributed by atoms with E-state index < -0.39 is 0 Å². The van der Waals surface area contributed by atoms with Gasteiger partial charge in [-0.1, -0.05) is 18.1 Å². The molecular weight excluding hydrogens is 330 g/mol. The normalized spacial score (nSPS) is 9.88. The maximum Gasteiger partial charge on any atom is 0.323 e. The van der Waals surface area contributed by atoms with E-state index in [1.165, 1.54) is 6.20 Å². The fourth-order valence-corrected chi connectivity index (χ4v) is 2.19. The van der Waals surface area contributed by atoms with E-state index in [0.29, 0.717) is 23.6 Å². The van der Waals surface area contributed by atoms with Gasteiger partial charge in [-0.2, -0.15) is 5.10 Å². The van der Waals surface area contributed by atoms with Crippen molar-refractivity contribution in [2.75, 3.05) is 17.2 Å². The molecule has 0 aliphatic rings. The van der Waals surface area contributed by atoms with Crippen LogP contribution in [0.5, 0.6) is 0 Å². The first-order chi connectivity index (χ1) is 12.7. The van der Waals surface area contributed by atoms with Crippen LogP contribution in [0.25, 0.3) is 0 Å². The number of hydrogen-bond acceptors (Lipinski definition) is 4. The van der Waals surface area contributed by atoms with Crippen molar-refractivity contribution in [1.29, 1.82) is 0 Å². The second-order valence-electron chi connectivity index (χ2n) is 5.34. The van der Waals surface area contributed by atoms with Gasteiger partial charge in [0.2, 0.25) is 0 Å². The molecule has 0 aliphatic heterocycles. The highest BCUT2D eigenvalue weighted by molar-refractivity contribution is 5.99. The van der Waals surface area contributed by atoms with Crippen LogP contribution < -0.4 is 10.6 Å². The lowest BCUT2D eigenvalue weighted by Crippen LogP contribution is -2.19. The second kappa shape index (κ2) is 8.46. The number of amides is 2. The van der Waals surface area contributed by atoms with E-state index >= 15 is 0 Å². The van der Waals surface area contributed by atoms with Crippen molar-refractivity contribution in [1.82, 2.24) is 14.8 Å². The smallest absolute Gasteiger partial charge is 0.323 e. The Hall–Kier alpha value is -3.63. The minimum Gasteiger partial charge on any atom is -0.394 e. The van der Waals surface area contributed by atoms with Crippen LogP contribution in [-0.4, -0.2) is 32.5 Å². The van der Waals surface area contributed by atoms with Crippen LogP contribution in [0.4, 0.5) is 16.2 Å². The third-order valence-corrected chi connectivity index (χ3v) is 3.34. The average molecular weight is 347 g/mol. The number of aliphatic hydroxyl groups excluding tert-OH is 1. The molecule has 0 fully saturated rings. The van der Waals surface area contributed by atoms with Crippen molar-refractivity contribution in [2.24, 2.45) is 0 Å². The van der Waals surface area contributed by atoms with Gasteiger partial charge in [0.1, 0.15) is 5.69 Å². The summed E-state index contributed by atoms with van der Waals surface area (Å²) in [7, 11) is 0. The topological polar surface area (TPSA) is 92.1 Å². The molecule has 0 saturated heterocycles. The molecule has 0 saturated carbocycles. The number of benzene rings is 1. The molecule has 0 bridgehead atoms. The molecule has 3 aromatic rings. The van der Waals surface area contributed by atoms with Crippen molar-refractivity contribution in [3.63, 3.8) is 0 Å². The lowest BCUT2D eigenvalue weighted by Gasteiger charge is -2.06. The number of rotatable bonds is 4. The van der Waals surface area contributed by atoms with Gasteiger partial charge in [0.05, 0.1) is 25.0 Å². The number of anilines is 2. The van der Waals surface area contributed by atoms with Crippen LogP contribution in [0.3, 0.4) is 0 Å². The standard InChI is InChI=1S/C19H17N5O2/c25-11-10-24-14-18(13-21-24)23-19(26)22-17-6-3-4-15(12-17)7-8-16-5-1-2-9-20-16/h1-6,9,12-14,25H,10-11H2,(H2,22,23,26). The maximum absolute atomic E-state index is 12.1. The minimum absolute atomic E-state index is 0.0142. The molecule has 26 heavy (non-hydrogen) atoms. The number of aromatic nitrogens is 3. The van der Waals surface area contributed by atoms with Crippen LogP contribution in [0.15, 0.2) is 61.1 Å². The molecule has 0 atom stereocenters. The summed E-state index contributed by atoms with van der Waals surface area (Å²) >= 11 is 0. The van der Waals surface area contributed by atoms with E-state index in [1.807, 2.05) is 30.3 Å². The molecule has 7 heteroatoms. The number of nitrogens with one attached hydrogen (secondary N) is 2. The molecule has 7 nitrogen and oxygen atoms in total. The Morgan fingerprint density at radius 2 is 2.00 bits per heavy atom. The van der Waals surface area contributed by atoms with Crippen molar-refractivity contribution in [3.05, 3.63) is 72.3 Å². The van der Waals surface area contributed by atoms with E-state index in [1.54, 1.807) is 29.2 Å². The quantitative estimate of drug-likeness (QED) is 0.632. The van der Waals surface area contributed by atoms with Gasteiger partial charge >= 0.3 is 6.03 Å². The van der Waals surface area contributed by atoms with Gasteiger partial charge in [0.25, 0.3) is 0 Å². The van der Waals surface area contributed by atoms with Gasteiger partial charge in [0.15, 0.2) is 0 Å². The van der Waals surface area contributed by atoms with Gasteiger partial charge in [-0.3, -0.25) is 4.68 Å². The minimum atomic E-state index is -0.386. The van der Waals surface area contributed by atoms with Crippen LogP contribution in [0.1, 0.15) is 11.3 Å². The first kappa shape index (κ1) is 17.2. The number of hydrogen-bond donors (Lipinski definition) is 3. The highest BCUT2D eigenvalue weighted by Gasteiger charge is 2.05. The summed E-state index contributed by atoms with van der Waals surface area (Å²) in [5.74, 6) is 6.00. The molecule has 1 aromatic carbocycles. The molecule has 2 amide bonds. The number of carbonyl (C=O) groups is 1. The first-order valence-corrected chi connectivity index (χ1v) is 7.97. The van der Waals surface area contributed by atoms with E-state index in [0.717, 1.165) is 5.56 Å². The Labute approximate surface area is 150 Å². The summed E-state index contributed by atoms with van der Waals surface area (Å²) in [6.45, 7) is 0.361. The molecule has 0 radical (unpaired) electrons. The Bertz CT molecular complexity index is 941. The molecule has 0 unspecified atom stereocenters. The zero-order chi connectivity index (χ0) is 18.2. The molecular formula is C19H17N5O2. The third kappa shape index (κ3) is 4.93. The Morgan fingerprint density at radius 3 is 2.81 bits per heavy atom. The Kier molecular flexibility index (Phi) is 5.60. The van der Waals surface area contributed by atoms with Gasteiger partial charge in [-0.25, -0.2) is 9.78 Å². The molecule has 0 spiro atoms. The molecule has 3 rings (SSSR count). The lowest BCUT2D eigenvalue weighted by molar-refractivity contribution is 0.262. The predicted molar refractivity (Wildman–Crippen MR) is 98.6 cm³/mol. The molecule has 3 N–H and O–H groups in total. The van der Waals surface area contributed by atoms with E-state index in [9.17, 15) is 4.79 Å². The maximum atomic E-state index is 12.1. The van der Waals surface area contributed by atoms with Crippen LogP contribution in [-0.2, 0) is 6.54 Å². The highest BCUT2D eigenvalue weighted by Crippen LogP contribution is 2.11. The van der Waals surface area contributed by atoms with Gasteiger partial charge in [0, 0.05) is 23.6 Å². The summed E-state index contributed by atoms with van der Waals surface area (Å²) in [6, 6.07) is 12.4. The summed E-state index contributed by atoms with van der Waals surface area (Å²) in [5, 5.41) is 18.3. The van der Waals surface area contributed by atoms with E-state index in [4.69, 9.17) is 5.11 Å². The van der Waals surface area contributed by atoms with Gasteiger partial charge < -0.3 is 15.7 Å². The summed E-state index contributed by atoms with van der Waals surface area (Å²) in [5.41, 5.74) is 2.62. The Morgan fingerprint density at radius 1 is 1.12 bits per heavy atom. The van der Waals surface area contributed by atoms with Gasteiger partial charge in [-0.15, -0.1) is 0 Å². The predicted octanol–water partition coefficient (Wildman–Crippen LogP) is 2.31. The van der Waals surface area contributed by atoms with Crippen molar-refractivity contribution >= 4 is 17.4 Å². The largest absolute Gasteiger partial charge is 0.394 e. The second-order valence-corrected chi connectivity index (χ2v) is 5.34. The number of carbonyl (C=O) groups excluding carboxylic acids is 1. The van der Waals surface area contributed by atoms with Crippen molar-refractivity contribution in [3.8, 4) is 11.8 Å². The van der Waals surface area contributed by atoms with E-state index in [2.05, 4.69) is 32.6 Å². The lowest BCUT2D eigenvalue weighted by atomic mass is 10.2. The number of nitrogens with zero attached hydrogens (tertiary/aromatic N) is 3. The number of pyridine rings is 1. The SMILES string of the molecule is O=C(Nc1cccc(C#Cc2ccccn2)c1)Nc1cnn(CCO)c1. The average Bonchev–Trinajstić information content (AvgIpc) is 3.08. The van der Waals surface area contributed by atoms with Crippen LogP contribution >= 0.6 is 0 Å². The molecule has 2 aromatic heterocycles. The molecule has 130 valence electrons. The van der Waals surface area contributed by atoms with E-state index in [-0.39, 0.29) is 12.6 Å². The Balaban J connectivity index is 1.62. The third-order valence-electron chi connectivity index (χ3n) is 3.34. The summed E-state index contributed by atoms with van der Waals surface area (Å²) < 4.78 is 1.55. The molecule has 0 aliphatic carbocycles.